The molecule has 2 aromatic carbocycles. The predicted octanol–water partition coefficient (Wildman–Crippen LogP) is 3.73. The lowest BCUT2D eigenvalue weighted by molar-refractivity contribution is -0.146. The van der Waals surface area contributed by atoms with Crippen LogP contribution in [0.1, 0.15) is 33.3 Å². The van der Waals surface area contributed by atoms with Gasteiger partial charge in [0.2, 0.25) is 0 Å². The molecule has 0 saturated carbocycles. The number of urea groups is 1. The third-order valence-electron chi connectivity index (χ3n) is 4.53. The van der Waals surface area contributed by atoms with Crippen molar-refractivity contribution in [1.29, 1.82) is 0 Å². The molecule has 0 atom stereocenters. The van der Waals surface area contributed by atoms with Crippen molar-refractivity contribution < 1.29 is 27.5 Å². The molecular weight excluding hydrogens is 420 g/mol. The number of hydrogen-bond donors (Lipinski definition) is 0. The van der Waals surface area contributed by atoms with Gasteiger partial charge in [-0.1, -0.05) is 12.1 Å². The van der Waals surface area contributed by atoms with Crippen molar-refractivity contribution in [2.75, 3.05) is 16.3 Å². The molecule has 2 amide bonds. The van der Waals surface area contributed by atoms with Crippen LogP contribution < -0.4 is 13.9 Å². The Morgan fingerprint density at radius 2 is 1.65 bits per heavy atom. The lowest BCUT2D eigenvalue weighted by Crippen LogP contribution is -2.49. The predicted molar refractivity (Wildman–Crippen MR) is 117 cm³/mol. The van der Waals surface area contributed by atoms with Crippen molar-refractivity contribution in [3.63, 3.8) is 0 Å². The summed E-state index contributed by atoms with van der Waals surface area (Å²) >= 11 is 0. The Morgan fingerprint density at radius 1 is 1.00 bits per heavy atom. The van der Waals surface area contributed by atoms with E-state index < -0.39 is 16.1 Å². The largest absolute Gasteiger partial charge is 0.491 e. The molecule has 0 fully saturated rings. The Bertz CT molecular complexity index is 1090. The number of fused-ring (bicyclic) bond motifs is 1. The molecule has 31 heavy (non-hydrogen) atoms. The lowest BCUT2D eigenvalue weighted by atomic mass is 10.1. The maximum Gasteiger partial charge on any atom is 0.342 e. The Hall–Kier alpha value is -3.07. The number of nitrogens with zero attached hydrogens (tertiary/aromatic N) is 2. The zero-order valence-corrected chi connectivity index (χ0v) is 19.0. The Kier molecular flexibility index (Phi) is 6.26. The highest BCUT2D eigenvalue weighted by atomic mass is 32.2. The highest BCUT2D eigenvalue weighted by Gasteiger charge is 2.41. The summed E-state index contributed by atoms with van der Waals surface area (Å²) in [6.45, 7) is 7.25. The number of rotatable bonds is 6. The van der Waals surface area contributed by atoms with Crippen LogP contribution >= 0.6 is 0 Å². The second-order valence-corrected chi connectivity index (χ2v) is 9.54. The van der Waals surface area contributed by atoms with E-state index in [1.54, 1.807) is 38.1 Å². The molecule has 0 bridgehead atoms. The number of esters is 1. The summed E-state index contributed by atoms with van der Waals surface area (Å²) in [7, 11) is -2.61. The van der Waals surface area contributed by atoms with E-state index in [2.05, 4.69) is 0 Å². The molecule has 3 rings (SSSR count). The standard InChI is InChI=1S/C22H26N2O6S/c1-14(2)29-18-10-11-20-19(13-18)23(5)22(26)24(31(20,27)28)17-8-6-16(7-9-17)12-21(25)30-15(3)4/h6-11,13-15H,12H2,1-5H3. The fourth-order valence-electron chi connectivity index (χ4n) is 3.23. The van der Waals surface area contributed by atoms with Crippen molar-refractivity contribution >= 4 is 33.4 Å². The molecule has 0 saturated heterocycles. The zero-order valence-electron chi connectivity index (χ0n) is 18.2. The van der Waals surface area contributed by atoms with E-state index in [9.17, 15) is 18.0 Å². The third kappa shape index (κ3) is 4.66. The first-order valence-electron chi connectivity index (χ1n) is 9.93. The number of hydrogen-bond acceptors (Lipinski definition) is 6. The first kappa shape index (κ1) is 22.6. The van der Waals surface area contributed by atoms with E-state index in [-0.39, 0.29) is 40.9 Å². The fourth-order valence-corrected chi connectivity index (χ4v) is 4.86. The van der Waals surface area contributed by atoms with Gasteiger partial charge in [-0.25, -0.2) is 13.2 Å². The minimum Gasteiger partial charge on any atom is -0.491 e. The van der Waals surface area contributed by atoms with Gasteiger partial charge in [-0.2, -0.15) is 4.31 Å². The molecule has 9 heteroatoms. The summed E-state index contributed by atoms with van der Waals surface area (Å²) in [5.74, 6) is 0.104. The SMILES string of the molecule is CC(C)OC(=O)Cc1ccc(N2C(=O)N(C)c3cc(OC(C)C)ccc3S2(=O)=O)cc1. The van der Waals surface area contributed by atoms with Crippen LogP contribution in [0.3, 0.4) is 0 Å². The summed E-state index contributed by atoms with van der Waals surface area (Å²) < 4.78 is 38.0. The summed E-state index contributed by atoms with van der Waals surface area (Å²) in [4.78, 5) is 26.1. The van der Waals surface area contributed by atoms with Gasteiger partial charge in [0, 0.05) is 13.1 Å². The average molecular weight is 447 g/mol. The first-order chi connectivity index (χ1) is 14.5. The van der Waals surface area contributed by atoms with Gasteiger partial charge >= 0.3 is 12.0 Å². The second kappa shape index (κ2) is 8.58. The van der Waals surface area contributed by atoms with E-state index >= 15 is 0 Å². The minimum absolute atomic E-state index is 0.00953. The number of amides is 2. The first-order valence-corrected chi connectivity index (χ1v) is 11.4. The zero-order chi connectivity index (χ0) is 22.9. The van der Waals surface area contributed by atoms with Gasteiger partial charge in [0.15, 0.2) is 0 Å². The smallest absolute Gasteiger partial charge is 0.342 e. The van der Waals surface area contributed by atoms with Gasteiger partial charge in [-0.15, -0.1) is 0 Å². The summed E-state index contributed by atoms with van der Waals surface area (Å²) in [5.41, 5.74) is 1.10. The van der Waals surface area contributed by atoms with Crippen molar-refractivity contribution in [3.05, 3.63) is 48.0 Å². The molecule has 0 spiro atoms. The molecule has 166 valence electrons. The van der Waals surface area contributed by atoms with Crippen LogP contribution in [-0.4, -0.2) is 39.7 Å². The van der Waals surface area contributed by atoms with Crippen LogP contribution in [0.25, 0.3) is 0 Å². The van der Waals surface area contributed by atoms with Crippen LogP contribution in [0.4, 0.5) is 16.2 Å². The second-order valence-electron chi connectivity index (χ2n) is 7.79. The number of carbonyl (C=O) groups excluding carboxylic acids is 2. The topological polar surface area (TPSA) is 93.2 Å². The maximum atomic E-state index is 13.2. The van der Waals surface area contributed by atoms with Gasteiger partial charge in [0.05, 0.1) is 30.0 Å². The van der Waals surface area contributed by atoms with Crippen molar-refractivity contribution in [2.24, 2.45) is 0 Å². The van der Waals surface area contributed by atoms with E-state index in [1.807, 2.05) is 13.8 Å². The number of anilines is 2. The fraction of sp³-hybridized carbons (Fsp3) is 0.364. The normalized spacial score (nSPS) is 15.3. The van der Waals surface area contributed by atoms with Gasteiger partial charge in [0.1, 0.15) is 10.6 Å². The summed E-state index contributed by atoms with van der Waals surface area (Å²) in [5, 5.41) is 0. The van der Waals surface area contributed by atoms with Crippen LogP contribution in [0.15, 0.2) is 47.4 Å². The molecule has 1 aliphatic heterocycles. The van der Waals surface area contributed by atoms with Gasteiger partial charge in [0.25, 0.3) is 10.0 Å². The molecule has 0 unspecified atom stereocenters. The monoisotopic (exact) mass is 446 g/mol. The quantitative estimate of drug-likeness (QED) is 0.628. The molecular formula is C22H26N2O6S. The number of ether oxygens (including phenoxy) is 2. The summed E-state index contributed by atoms with van der Waals surface area (Å²) in [6, 6.07) is 10.1. The number of sulfonamides is 1. The average Bonchev–Trinajstić information content (AvgIpc) is 2.66. The van der Waals surface area contributed by atoms with Crippen molar-refractivity contribution in [2.45, 2.75) is 51.2 Å². The number of benzene rings is 2. The van der Waals surface area contributed by atoms with Gasteiger partial charge < -0.3 is 9.47 Å². The van der Waals surface area contributed by atoms with E-state index in [0.29, 0.717) is 11.3 Å². The molecule has 8 nitrogen and oxygen atoms in total. The highest BCUT2D eigenvalue weighted by molar-refractivity contribution is 7.94. The Labute approximate surface area is 182 Å². The van der Waals surface area contributed by atoms with Gasteiger partial charge in [-0.05, 0) is 57.5 Å². The molecule has 0 aromatic heterocycles. The van der Waals surface area contributed by atoms with E-state index in [0.717, 1.165) is 4.31 Å². The summed E-state index contributed by atoms with van der Waals surface area (Å²) in [6.07, 6.45) is -0.252. The van der Waals surface area contributed by atoms with Crippen molar-refractivity contribution in [3.8, 4) is 5.75 Å². The van der Waals surface area contributed by atoms with Gasteiger partial charge in [-0.3, -0.25) is 9.69 Å². The molecule has 2 aromatic rings. The maximum absolute atomic E-state index is 13.2. The molecule has 1 aliphatic rings. The Morgan fingerprint density at radius 3 is 2.23 bits per heavy atom. The van der Waals surface area contributed by atoms with Crippen LogP contribution in [0.2, 0.25) is 0 Å². The molecule has 0 aliphatic carbocycles. The molecule has 0 radical (unpaired) electrons. The third-order valence-corrected chi connectivity index (χ3v) is 6.28. The Balaban J connectivity index is 1.92. The molecule has 0 N–H and O–H groups in total. The number of carbonyl (C=O) groups is 2. The lowest BCUT2D eigenvalue weighted by Gasteiger charge is -2.34. The van der Waals surface area contributed by atoms with Crippen LogP contribution in [0.5, 0.6) is 5.75 Å². The highest BCUT2D eigenvalue weighted by Crippen LogP contribution is 2.38. The minimum atomic E-state index is -4.12. The molecule has 1 heterocycles. The van der Waals surface area contributed by atoms with E-state index in [1.165, 1.54) is 30.1 Å². The van der Waals surface area contributed by atoms with E-state index in [4.69, 9.17) is 9.47 Å². The van der Waals surface area contributed by atoms with Crippen molar-refractivity contribution in [1.82, 2.24) is 0 Å². The van der Waals surface area contributed by atoms with Crippen LogP contribution in [-0.2, 0) is 26.0 Å². The van der Waals surface area contributed by atoms with Crippen LogP contribution in [0, 0.1) is 0 Å².